The SMILES string of the molecule is CCN(C(=O)c1c(F)cccc1Br)C(C)CC(=O)O. The quantitative estimate of drug-likeness (QED) is 0.902. The molecule has 0 saturated heterocycles. The van der Waals surface area contributed by atoms with Crippen molar-refractivity contribution < 1.29 is 19.1 Å². The number of hydrogen-bond acceptors (Lipinski definition) is 2. The number of nitrogens with zero attached hydrogens (tertiary/aromatic N) is 1. The third kappa shape index (κ3) is 3.76. The molecule has 0 aliphatic rings. The zero-order valence-electron chi connectivity index (χ0n) is 10.7. The Morgan fingerprint density at radius 1 is 1.47 bits per heavy atom. The van der Waals surface area contributed by atoms with Crippen LogP contribution in [-0.2, 0) is 4.79 Å². The minimum Gasteiger partial charge on any atom is -0.481 e. The number of amides is 1. The Bertz CT molecular complexity index is 473. The van der Waals surface area contributed by atoms with Crippen molar-refractivity contribution in [2.24, 2.45) is 0 Å². The molecule has 0 radical (unpaired) electrons. The van der Waals surface area contributed by atoms with Crippen LogP contribution in [0.1, 0.15) is 30.6 Å². The van der Waals surface area contributed by atoms with E-state index in [1.807, 2.05) is 0 Å². The number of halogens is 2. The molecule has 19 heavy (non-hydrogen) atoms. The normalized spacial score (nSPS) is 12.0. The van der Waals surface area contributed by atoms with Crippen molar-refractivity contribution in [2.75, 3.05) is 6.54 Å². The first-order chi connectivity index (χ1) is 8.88. The second-order valence-corrected chi connectivity index (χ2v) is 4.99. The summed E-state index contributed by atoms with van der Waals surface area (Å²) in [5.41, 5.74) is -0.0680. The molecular weight excluding hydrogens is 317 g/mol. The molecule has 1 amide bonds. The first-order valence-corrected chi connectivity index (χ1v) is 6.64. The summed E-state index contributed by atoms with van der Waals surface area (Å²) in [4.78, 5) is 24.3. The van der Waals surface area contributed by atoms with Gasteiger partial charge in [-0.1, -0.05) is 6.07 Å². The molecule has 1 rings (SSSR count). The predicted octanol–water partition coefficient (Wildman–Crippen LogP) is 2.91. The number of carboxylic acids is 1. The fourth-order valence-electron chi connectivity index (χ4n) is 1.86. The molecule has 0 aliphatic heterocycles. The summed E-state index contributed by atoms with van der Waals surface area (Å²) in [7, 11) is 0. The van der Waals surface area contributed by atoms with Crippen LogP contribution in [0.3, 0.4) is 0 Å². The van der Waals surface area contributed by atoms with Gasteiger partial charge < -0.3 is 10.0 Å². The molecule has 1 atom stereocenters. The number of aliphatic carboxylic acids is 1. The Morgan fingerprint density at radius 2 is 2.11 bits per heavy atom. The topological polar surface area (TPSA) is 57.6 Å². The summed E-state index contributed by atoms with van der Waals surface area (Å²) in [6, 6.07) is 3.77. The van der Waals surface area contributed by atoms with Gasteiger partial charge in [0, 0.05) is 17.1 Å². The van der Waals surface area contributed by atoms with Gasteiger partial charge in [-0.15, -0.1) is 0 Å². The molecule has 0 aromatic heterocycles. The predicted molar refractivity (Wildman–Crippen MR) is 72.5 cm³/mol. The van der Waals surface area contributed by atoms with Gasteiger partial charge in [0.2, 0.25) is 0 Å². The van der Waals surface area contributed by atoms with Gasteiger partial charge in [-0.3, -0.25) is 9.59 Å². The van der Waals surface area contributed by atoms with E-state index in [0.717, 1.165) is 0 Å². The lowest BCUT2D eigenvalue weighted by Crippen LogP contribution is -2.40. The third-order valence-electron chi connectivity index (χ3n) is 2.78. The number of hydrogen-bond donors (Lipinski definition) is 1. The van der Waals surface area contributed by atoms with Crippen LogP contribution in [0.2, 0.25) is 0 Å². The number of carboxylic acid groups (broad SMARTS) is 1. The van der Waals surface area contributed by atoms with Gasteiger partial charge in [0.15, 0.2) is 0 Å². The smallest absolute Gasteiger partial charge is 0.305 e. The lowest BCUT2D eigenvalue weighted by atomic mass is 10.1. The van der Waals surface area contributed by atoms with E-state index in [9.17, 15) is 14.0 Å². The van der Waals surface area contributed by atoms with Crippen LogP contribution in [0.4, 0.5) is 4.39 Å². The van der Waals surface area contributed by atoms with E-state index in [2.05, 4.69) is 15.9 Å². The first-order valence-electron chi connectivity index (χ1n) is 5.85. The molecule has 0 fully saturated rings. The maximum atomic E-state index is 13.7. The minimum absolute atomic E-state index is 0.0680. The van der Waals surface area contributed by atoms with Crippen molar-refractivity contribution in [1.82, 2.24) is 4.90 Å². The van der Waals surface area contributed by atoms with Gasteiger partial charge in [0.25, 0.3) is 5.91 Å². The van der Waals surface area contributed by atoms with Crippen LogP contribution in [0.5, 0.6) is 0 Å². The fourth-order valence-corrected chi connectivity index (χ4v) is 2.38. The molecule has 6 heteroatoms. The van der Waals surface area contributed by atoms with E-state index in [1.54, 1.807) is 19.9 Å². The Morgan fingerprint density at radius 3 is 2.58 bits per heavy atom. The molecule has 104 valence electrons. The van der Waals surface area contributed by atoms with Crippen LogP contribution in [0, 0.1) is 5.82 Å². The van der Waals surface area contributed by atoms with Gasteiger partial charge in [0.1, 0.15) is 5.82 Å². The maximum absolute atomic E-state index is 13.7. The highest BCUT2D eigenvalue weighted by Gasteiger charge is 2.25. The van der Waals surface area contributed by atoms with E-state index in [-0.39, 0.29) is 12.0 Å². The standard InChI is InChI=1S/C13H15BrFNO3/c1-3-16(8(2)7-11(17)18)13(19)12-9(14)5-4-6-10(12)15/h4-6,8H,3,7H2,1-2H3,(H,17,18). The highest BCUT2D eigenvalue weighted by Crippen LogP contribution is 2.22. The van der Waals surface area contributed by atoms with E-state index < -0.39 is 23.7 Å². The zero-order valence-corrected chi connectivity index (χ0v) is 12.3. The third-order valence-corrected chi connectivity index (χ3v) is 3.44. The minimum atomic E-state index is -0.994. The van der Waals surface area contributed by atoms with E-state index in [0.29, 0.717) is 11.0 Å². The molecule has 0 heterocycles. The molecule has 0 saturated carbocycles. The highest BCUT2D eigenvalue weighted by atomic mass is 79.9. The van der Waals surface area contributed by atoms with Crippen molar-refractivity contribution in [2.45, 2.75) is 26.3 Å². The van der Waals surface area contributed by atoms with Crippen molar-refractivity contribution in [3.05, 3.63) is 34.1 Å². The van der Waals surface area contributed by atoms with Crippen molar-refractivity contribution in [3.8, 4) is 0 Å². The van der Waals surface area contributed by atoms with E-state index >= 15 is 0 Å². The summed E-state index contributed by atoms with van der Waals surface area (Å²) in [5, 5.41) is 8.77. The Balaban J connectivity index is 3.05. The van der Waals surface area contributed by atoms with Gasteiger partial charge in [-0.2, -0.15) is 0 Å². The van der Waals surface area contributed by atoms with Gasteiger partial charge in [-0.05, 0) is 41.9 Å². The molecule has 1 aromatic carbocycles. The van der Waals surface area contributed by atoms with Crippen LogP contribution in [0.15, 0.2) is 22.7 Å². The molecular formula is C13H15BrFNO3. The molecule has 0 spiro atoms. The van der Waals surface area contributed by atoms with E-state index in [4.69, 9.17) is 5.11 Å². The second kappa shape index (κ2) is 6.65. The van der Waals surface area contributed by atoms with Crippen LogP contribution < -0.4 is 0 Å². The van der Waals surface area contributed by atoms with Gasteiger partial charge in [-0.25, -0.2) is 4.39 Å². The highest BCUT2D eigenvalue weighted by molar-refractivity contribution is 9.10. The number of rotatable bonds is 5. The average Bonchev–Trinajstić information content (AvgIpc) is 2.28. The lowest BCUT2D eigenvalue weighted by Gasteiger charge is -2.27. The largest absolute Gasteiger partial charge is 0.481 e. The van der Waals surface area contributed by atoms with Crippen LogP contribution in [-0.4, -0.2) is 34.5 Å². The summed E-state index contributed by atoms with van der Waals surface area (Å²) in [6.45, 7) is 3.67. The monoisotopic (exact) mass is 331 g/mol. The molecule has 1 unspecified atom stereocenters. The number of benzene rings is 1. The molecule has 1 N–H and O–H groups in total. The van der Waals surface area contributed by atoms with Crippen molar-refractivity contribution >= 4 is 27.8 Å². The Hall–Kier alpha value is -1.43. The first kappa shape index (κ1) is 15.6. The Labute approximate surface area is 119 Å². The Kier molecular flexibility index (Phi) is 5.47. The fraction of sp³-hybridized carbons (Fsp3) is 0.385. The van der Waals surface area contributed by atoms with Gasteiger partial charge in [0.05, 0.1) is 12.0 Å². The van der Waals surface area contributed by atoms with Crippen LogP contribution >= 0.6 is 15.9 Å². The zero-order chi connectivity index (χ0) is 14.6. The van der Waals surface area contributed by atoms with Gasteiger partial charge >= 0.3 is 5.97 Å². The number of carbonyl (C=O) groups excluding carboxylic acids is 1. The molecule has 4 nitrogen and oxygen atoms in total. The van der Waals surface area contributed by atoms with Crippen molar-refractivity contribution in [1.29, 1.82) is 0 Å². The van der Waals surface area contributed by atoms with Crippen molar-refractivity contribution in [3.63, 3.8) is 0 Å². The molecule has 0 bridgehead atoms. The molecule has 0 aliphatic carbocycles. The number of carbonyl (C=O) groups is 2. The summed E-state index contributed by atoms with van der Waals surface area (Å²) >= 11 is 3.14. The summed E-state index contributed by atoms with van der Waals surface area (Å²) < 4.78 is 14.1. The second-order valence-electron chi connectivity index (χ2n) is 4.13. The maximum Gasteiger partial charge on any atom is 0.305 e. The summed E-state index contributed by atoms with van der Waals surface area (Å²) in [5.74, 6) is -2.13. The summed E-state index contributed by atoms with van der Waals surface area (Å²) in [6.07, 6.45) is -0.175. The molecule has 1 aromatic rings. The van der Waals surface area contributed by atoms with Crippen LogP contribution in [0.25, 0.3) is 0 Å². The van der Waals surface area contributed by atoms with E-state index in [1.165, 1.54) is 17.0 Å². The average molecular weight is 332 g/mol. The lowest BCUT2D eigenvalue weighted by molar-refractivity contribution is -0.138.